The monoisotopic (exact) mass is 494 g/mol. The Hall–Kier alpha value is -3.81. The average molecular weight is 495 g/mol. The third-order valence-electron chi connectivity index (χ3n) is 5.15. The molecule has 1 heterocycles. The van der Waals surface area contributed by atoms with Crippen LogP contribution in [0.3, 0.4) is 0 Å². The van der Waals surface area contributed by atoms with Crippen LogP contribution in [0.5, 0.6) is 0 Å². The van der Waals surface area contributed by atoms with E-state index < -0.39 is 17.7 Å². The highest BCUT2D eigenvalue weighted by Crippen LogP contribution is 2.24. The molecule has 34 heavy (non-hydrogen) atoms. The molecular formula is C25H20Cl2N4O3. The van der Waals surface area contributed by atoms with E-state index >= 15 is 0 Å². The molecule has 0 radical (unpaired) electrons. The van der Waals surface area contributed by atoms with E-state index in [1.807, 2.05) is 32.0 Å². The van der Waals surface area contributed by atoms with Gasteiger partial charge in [0.1, 0.15) is 5.69 Å². The highest BCUT2D eigenvalue weighted by Gasteiger charge is 2.21. The van der Waals surface area contributed by atoms with E-state index in [1.165, 1.54) is 4.68 Å². The van der Waals surface area contributed by atoms with E-state index in [0.29, 0.717) is 32.3 Å². The maximum atomic E-state index is 13.2. The molecule has 0 aliphatic heterocycles. The van der Waals surface area contributed by atoms with Crippen molar-refractivity contribution in [1.82, 2.24) is 4.68 Å². The number of hydrogen-bond acceptors (Lipinski definition) is 3. The first-order valence-corrected chi connectivity index (χ1v) is 11.0. The number of hydrogen-bond donors (Lipinski definition) is 3. The van der Waals surface area contributed by atoms with Gasteiger partial charge in [0.05, 0.1) is 5.52 Å². The van der Waals surface area contributed by atoms with Crippen LogP contribution in [0, 0.1) is 13.8 Å². The summed E-state index contributed by atoms with van der Waals surface area (Å²) in [6.07, 6.45) is 0. The van der Waals surface area contributed by atoms with Crippen LogP contribution in [-0.2, 0) is 9.59 Å². The Morgan fingerprint density at radius 2 is 1.47 bits per heavy atom. The van der Waals surface area contributed by atoms with Gasteiger partial charge in [0, 0.05) is 26.8 Å². The highest BCUT2D eigenvalue weighted by molar-refractivity contribution is 6.42. The van der Waals surface area contributed by atoms with Crippen LogP contribution >= 0.6 is 23.2 Å². The summed E-state index contributed by atoms with van der Waals surface area (Å²) in [6.45, 7) is 3.85. The second-order valence-electron chi connectivity index (χ2n) is 7.74. The summed E-state index contributed by atoms with van der Waals surface area (Å²) in [5.41, 5.74) is 6.14. The van der Waals surface area contributed by atoms with Crippen molar-refractivity contribution in [2.75, 3.05) is 16.1 Å². The summed E-state index contributed by atoms with van der Waals surface area (Å²) >= 11 is 12.0. The third-order valence-corrected chi connectivity index (χ3v) is 5.64. The lowest BCUT2D eigenvalue weighted by Gasteiger charge is -2.14. The smallest absolute Gasteiger partial charge is 0.320 e. The van der Waals surface area contributed by atoms with E-state index in [2.05, 4.69) is 16.1 Å². The lowest BCUT2D eigenvalue weighted by molar-refractivity contribution is -0.133. The molecule has 3 aromatic carbocycles. The molecule has 7 nitrogen and oxygen atoms in total. The molecule has 0 unspecified atom stereocenters. The van der Waals surface area contributed by atoms with Crippen LogP contribution < -0.4 is 16.1 Å². The van der Waals surface area contributed by atoms with Crippen molar-refractivity contribution in [1.29, 1.82) is 0 Å². The number of nitrogens with zero attached hydrogens (tertiary/aromatic N) is 1. The van der Waals surface area contributed by atoms with Crippen LogP contribution in [0.1, 0.15) is 21.6 Å². The standard InChI is InChI=1S/C25H20Cl2N4O3/c1-14-3-9-20(15(2)11-14)29-23(32)22-13-16-12-18(27)6-10-21(16)31(22)30-25(34)24(33)28-19-7-4-17(26)5-8-19/h3-13H,1-2H3,(H,28,33)(H,29,32)(H,30,34). The summed E-state index contributed by atoms with van der Waals surface area (Å²) in [5, 5.41) is 6.95. The maximum Gasteiger partial charge on any atom is 0.328 e. The topological polar surface area (TPSA) is 92.2 Å². The van der Waals surface area contributed by atoms with Gasteiger partial charge in [0.15, 0.2) is 0 Å². The summed E-state index contributed by atoms with van der Waals surface area (Å²) < 4.78 is 1.27. The van der Waals surface area contributed by atoms with Crippen LogP contribution in [0.4, 0.5) is 11.4 Å². The molecule has 4 aromatic rings. The fourth-order valence-electron chi connectivity index (χ4n) is 3.49. The number of rotatable bonds is 4. The Bertz CT molecular complexity index is 1430. The fourth-order valence-corrected chi connectivity index (χ4v) is 3.79. The Balaban J connectivity index is 1.63. The van der Waals surface area contributed by atoms with Crippen molar-refractivity contribution in [3.63, 3.8) is 0 Å². The van der Waals surface area contributed by atoms with Crippen molar-refractivity contribution in [3.05, 3.63) is 93.6 Å². The fraction of sp³-hybridized carbons (Fsp3) is 0.0800. The van der Waals surface area contributed by atoms with E-state index in [0.717, 1.165) is 11.1 Å². The van der Waals surface area contributed by atoms with Gasteiger partial charge >= 0.3 is 11.8 Å². The second kappa shape index (κ2) is 9.59. The normalized spacial score (nSPS) is 10.7. The first kappa shape index (κ1) is 23.4. The van der Waals surface area contributed by atoms with E-state index in [-0.39, 0.29) is 5.69 Å². The zero-order valence-electron chi connectivity index (χ0n) is 18.3. The molecule has 0 spiro atoms. The number of carbonyl (C=O) groups is 3. The zero-order valence-corrected chi connectivity index (χ0v) is 19.8. The molecule has 0 atom stereocenters. The molecule has 0 aliphatic rings. The number of fused-ring (bicyclic) bond motifs is 1. The van der Waals surface area contributed by atoms with Crippen LogP contribution in [0.15, 0.2) is 66.7 Å². The predicted molar refractivity (Wildman–Crippen MR) is 135 cm³/mol. The average Bonchev–Trinajstić information content (AvgIpc) is 3.14. The highest BCUT2D eigenvalue weighted by atomic mass is 35.5. The van der Waals surface area contributed by atoms with Crippen molar-refractivity contribution in [2.24, 2.45) is 0 Å². The van der Waals surface area contributed by atoms with Gasteiger partial charge in [-0.1, -0.05) is 40.9 Å². The van der Waals surface area contributed by atoms with Crippen LogP contribution in [0.25, 0.3) is 10.9 Å². The molecule has 0 saturated heterocycles. The number of aryl methyl sites for hydroxylation is 2. The van der Waals surface area contributed by atoms with Gasteiger partial charge in [-0.2, -0.15) is 0 Å². The molecule has 0 saturated carbocycles. The summed E-state index contributed by atoms with van der Waals surface area (Å²) in [5.74, 6) is -2.32. The third kappa shape index (κ3) is 5.06. The minimum absolute atomic E-state index is 0.130. The molecule has 0 fully saturated rings. The van der Waals surface area contributed by atoms with Gasteiger partial charge in [-0.25, -0.2) is 4.68 Å². The minimum Gasteiger partial charge on any atom is -0.320 e. The second-order valence-corrected chi connectivity index (χ2v) is 8.62. The predicted octanol–water partition coefficient (Wildman–Crippen LogP) is 5.53. The van der Waals surface area contributed by atoms with Gasteiger partial charge in [-0.3, -0.25) is 19.8 Å². The van der Waals surface area contributed by atoms with E-state index in [4.69, 9.17) is 23.2 Å². The number of amides is 3. The number of benzene rings is 3. The van der Waals surface area contributed by atoms with Crippen LogP contribution in [0.2, 0.25) is 10.0 Å². The zero-order chi connectivity index (χ0) is 24.4. The molecule has 0 aliphatic carbocycles. The molecule has 0 bridgehead atoms. The largest absolute Gasteiger partial charge is 0.328 e. The van der Waals surface area contributed by atoms with Gasteiger partial charge in [-0.05, 0) is 74.0 Å². The van der Waals surface area contributed by atoms with Crippen molar-refractivity contribution < 1.29 is 14.4 Å². The maximum absolute atomic E-state index is 13.2. The Morgan fingerprint density at radius 3 is 2.18 bits per heavy atom. The molecule has 1 aromatic heterocycles. The summed E-state index contributed by atoms with van der Waals surface area (Å²) in [6, 6.07) is 18.5. The number of carbonyl (C=O) groups excluding carboxylic acids is 3. The minimum atomic E-state index is -0.956. The summed E-state index contributed by atoms with van der Waals surface area (Å²) in [7, 11) is 0. The lowest BCUT2D eigenvalue weighted by Crippen LogP contribution is -2.36. The molecule has 172 valence electrons. The van der Waals surface area contributed by atoms with E-state index in [1.54, 1.807) is 48.5 Å². The molecule has 3 amide bonds. The first-order valence-electron chi connectivity index (χ1n) is 10.3. The number of nitrogens with one attached hydrogen (secondary N) is 3. The first-order chi connectivity index (χ1) is 16.2. The van der Waals surface area contributed by atoms with Crippen molar-refractivity contribution in [2.45, 2.75) is 13.8 Å². The Morgan fingerprint density at radius 1 is 0.765 bits per heavy atom. The lowest BCUT2D eigenvalue weighted by atomic mass is 10.1. The molecular weight excluding hydrogens is 475 g/mol. The molecule has 4 rings (SSSR count). The quantitative estimate of drug-likeness (QED) is 0.326. The number of halogens is 2. The van der Waals surface area contributed by atoms with E-state index in [9.17, 15) is 14.4 Å². The number of aromatic nitrogens is 1. The SMILES string of the molecule is Cc1ccc(NC(=O)c2cc3cc(Cl)ccc3n2NC(=O)C(=O)Nc2ccc(Cl)cc2)c(C)c1. The van der Waals surface area contributed by atoms with Crippen molar-refractivity contribution >= 4 is 63.2 Å². The number of anilines is 2. The van der Waals surface area contributed by atoms with Crippen molar-refractivity contribution in [3.8, 4) is 0 Å². The Labute approximate surface area is 205 Å². The van der Waals surface area contributed by atoms with Gasteiger partial charge in [0.2, 0.25) is 0 Å². The van der Waals surface area contributed by atoms with Gasteiger partial charge in [0.25, 0.3) is 5.91 Å². The molecule has 9 heteroatoms. The van der Waals surface area contributed by atoms with Crippen LogP contribution in [-0.4, -0.2) is 22.4 Å². The summed E-state index contributed by atoms with van der Waals surface area (Å²) in [4.78, 5) is 38.3. The van der Waals surface area contributed by atoms with Gasteiger partial charge < -0.3 is 10.6 Å². The van der Waals surface area contributed by atoms with Gasteiger partial charge in [-0.15, -0.1) is 0 Å². The molecule has 3 N–H and O–H groups in total. The Kier molecular flexibility index (Phi) is 6.58.